The second-order valence-corrected chi connectivity index (χ2v) is 7.68. The topological polar surface area (TPSA) is 84.2 Å². The van der Waals surface area contributed by atoms with Crippen molar-refractivity contribution in [3.05, 3.63) is 57.6 Å². The average Bonchev–Trinajstić information content (AvgIpc) is 2.65. The number of hydrogen-bond donors (Lipinski definition) is 2. The largest absolute Gasteiger partial charge is 0.492 e. The Kier molecular flexibility index (Phi) is 6.59. The first-order valence-electron chi connectivity index (χ1n) is 9.43. The second kappa shape index (κ2) is 9.12. The number of ether oxygens (including phenoxy) is 1. The number of nitro benzene ring substituents is 1. The number of benzene rings is 2. The summed E-state index contributed by atoms with van der Waals surface area (Å²) in [4.78, 5) is 13.3. The van der Waals surface area contributed by atoms with E-state index in [1.807, 2.05) is 12.1 Å². The Bertz CT molecular complexity index is 806. The molecule has 7 nitrogen and oxygen atoms in total. The maximum absolute atomic E-state index is 11.4. The van der Waals surface area contributed by atoms with Crippen molar-refractivity contribution in [2.75, 3.05) is 36.5 Å². The molecule has 2 aromatic carbocycles. The Labute approximate surface area is 169 Å². The highest BCUT2D eigenvalue weighted by molar-refractivity contribution is 6.30. The highest BCUT2D eigenvalue weighted by atomic mass is 35.5. The van der Waals surface area contributed by atoms with Gasteiger partial charge in [-0.05, 0) is 50.2 Å². The SMILES string of the molecule is C[C@@H]1CN(c2ccc([N+](=O)[O-])c(NCCOc3ccc(Cl)cc3)c2)C[C@H](C)[NH2+]1. The number of anilines is 2. The van der Waals surface area contributed by atoms with Crippen LogP contribution in [0.1, 0.15) is 13.8 Å². The molecule has 0 aliphatic carbocycles. The molecule has 0 aromatic heterocycles. The molecule has 1 fully saturated rings. The summed E-state index contributed by atoms with van der Waals surface area (Å²) < 4.78 is 5.65. The van der Waals surface area contributed by atoms with Gasteiger partial charge < -0.3 is 20.3 Å². The van der Waals surface area contributed by atoms with Crippen molar-refractivity contribution >= 4 is 28.7 Å². The Balaban J connectivity index is 1.66. The van der Waals surface area contributed by atoms with Crippen LogP contribution in [0, 0.1) is 10.1 Å². The number of rotatable bonds is 7. The lowest BCUT2D eigenvalue weighted by Gasteiger charge is -2.35. The molecule has 1 saturated heterocycles. The Morgan fingerprint density at radius 2 is 1.89 bits per heavy atom. The minimum atomic E-state index is -0.360. The molecule has 1 heterocycles. The summed E-state index contributed by atoms with van der Waals surface area (Å²) >= 11 is 5.86. The Hall–Kier alpha value is -2.51. The van der Waals surface area contributed by atoms with Crippen LogP contribution in [0.4, 0.5) is 17.1 Å². The van der Waals surface area contributed by atoms with E-state index < -0.39 is 0 Å². The van der Waals surface area contributed by atoms with E-state index in [0.717, 1.165) is 18.8 Å². The Morgan fingerprint density at radius 1 is 1.21 bits per heavy atom. The van der Waals surface area contributed by atoms with E-state index in [2.05, 4.69) is 29.4 Å². The lowest BCUT2D eigenvalue weighted by molar-refractivity contribution is -0.716. The zero-order chi connectivity index (χ0) is 20.1. The maximum atomic E-state index is 11.4. The fourth-order valence-electron chi connectivity index (χ4n) is 3.57. The van der Waals surface area contributed by atoms with E-state index in [1.165, 1.54) is 0 Å². The Morgan fingerprint density at radius 3 is 2.54 bits per heavy atom. The first-order chi connectivity index (χ1) is 13.4. The molecule has 0 unspecified atom stereocenters. The van der Waals surface area contributed by atoms with E-state index in [4.69, 9.17) is 16.3 Å². The van der Waals surface area contributed by atoms with Gasteiger partial charge in [0, 0.05) is 23.3 Å². The molecule has 0 bridgehead atoms. The van der Waals surface area contributed by atoms with E-state index in [-0.39, 0.29) is 10.6 Å². The molecule has 150 valence electrons. The number of nitrogens with two attached hydrogens (primary N) is 1. The van der Waals surface area contributed by atoms with Gasteiger partial charge in [0.15, 0.2) is 0 Å². The summed E-state index contributed by atoms with van der Waals surface area (Å²) in [7, 11) is 0. The van der Waals surface area contributed by atoms with Crippen LogP contribution in [0.15, 0.2) is 42.5 Å². The van der Waals surface area contributed by atoms with Crippen molar-refractivity contribution in [3.63, 3.8) is 0 Å². The zero-order valence-corrected chi connectivity index (χ0v) is 16.9. The van der Waals surface area contributed by atoms with Gasteiger partial charge in [-0.3, -0.25) is 10.1 Å². The van der Waals surface area contributed by atoms with Crippen LogP contribution in [0.2, 0.25) is 5.02 Å². The van der Waals surface area contributed by atoms with E-state index in [1.54, 1.807) is 30.3 Å². The molecular weight excluding hydrogens is 380 g/mol. The second-order valence-electron chi connectivity index (χ2n) is 7.24. The van der Waals surface area contributed by atoms with Gasteiger partial charge in [-0.15, -0.1) is 0 Å². The smallest absolute Gasteiger partial charge is 0.292 e. The quantitative estimate of drug-likeness (QED) is 0.420. The standard InChI is InChI=1S/C20H25ClN4O3/c1-14-12-24(13-15(2)23-14)17-5-8-20(25(26)27)19(11-17)22-9-10-28-18-6-3-16(21)4-7-18/h3-8,11,14-15,22-23H,9-10,12-13H2,1-2H3/p+1/t14-,15+. The molecule has 28 heavy (non-hydrogen) atoms. The fourth-order valence-corrected chi connectivity index (χ4v) is 3.70. The van der Waals surface area contributed by atoms with E-state index in [0.29, 0.717) is 41.7 Å². The molecule has 2 atom stereocenters. The van der Waals surface area contributed by atoms with Gasteiger partial charge in [0.05, 0.1) is 18.0 Å². The molecule has 2 aromatic rings. The number of piperazine rings is 1. The molecule has 0 amide bonds. The van der Waals surface area contributed by atoms with Crippen LogP contribution in [-0.4, -0.2) is 43.2 Å². The average molecular weight is 406 g/mol. The van der Waals surface area contributed by atoms with E-state index >= 15 is 0 Å². The van der Waals surface area contributed by atoms with Gasteiger partial charge in [0.2, 0.25) is 0 Å². The maximum Gasteiger partial charge on any atom is 0.292 e. The molecule has 1 aliphatic heterocycles. The summed E-state index contributed by atoms with van der Waals surface area (Å²) in [5, 5.41) is 17.6. The molecule has 8 heteroatoms. The van der Waals surface area contributed by atoms with Crippen LogP contribution < -0.4 is 20.3 Å². The van der Waals surface area contributed by atoms with Crippen LogP contribution in [0.5, 0.6) is 5.75 Å². The van der Waals surface area contributed by atoms with Crippen molar-refractivity contribution in [1.82, 2.24) is 0 Å². The monoisotopic (exact) mass is 405 g/mol. The summed E-state index contributed by atoms with van der Waals surface area (Å²) in [6.07, 6.45) is 0. The molecule has 0 saturated carbocycles. The zero-order valence-electron chi connectivity index (χ0n) is 16.1. The van der Waals surface area contributed by atoms with Crippen molar-refractivity contribution in [2.24, 2.45) is 0 Å². The van der Waals surface area contributed by atoms with Gasteiger partial charge in [0.25, 0.3) is 5.69 Å². The fraction of sp³-hybridized carbons (Fsp3) is 0.400. The van der Waals surface area contributed by atoms with Crippen LogP contribution in [0.3, 0.4) is 0 Å². The molecule has 0 spiro atoms. The molecule has 1 aliphatic rings. The van der Waals surface area contributed by atoms with Crippen molar-refractivity contribution in [1.29, 1.82) is 0 Å². The highest BCUT2D eigenvalue weighted by Crippen LogP contribution is 2.30. The third-order valence-corrected chi connectivity index (χ3v) is 4.97. The molecular formula is C20H26ClN4O3+. The summed E-state index contributed by atoms with van der Waals surface area (Å²) in [6, 6.07) is 13.4. The van der Waals surface area contributed by atoms with Gasteiger partial charge in [-0.2, -0.15) is 0 Å². The third-order valence-electron chi connectivity index (χ3n) is 4.72. The van der Waals surface area contributed by atoms with E-state index in [9.17, 15) is 10.1 Å². The van der Waals surface area contributed by atoms with Gasteiger partial charge in [0.1, 0.15) is 30.1 Å². The molecule has 3 rings (SSSR count). The summed E-state index contributed by atoms with van der Waals surface area (Å²) in [5.74, 6) is 0.710. The third kappa shape index (κ3) is 5.27. The molecule has 3 N–H and O–H groups in total. The van der Waals surface area contributed by atoms with Crippen molar-refractivity contribution in [2.45, 2.75) is 25.9 Å². The number of quaternary nitrogens is 1. The van der Waals surface area contributed by atoms with Crippen LogP contribution in [0.25, 0.3) is 0 Å². The predicted molar refractivity (Wildman–Crippen MR) is 112 cm³/mol. The number of halogens is 1. The van der Waals surface area contributed by atoms with Crippen molar-refractivity contribution in [3.8, 4) is 5.75 Å². The lowest BCUT2D eigenvalue weighted by atomic mass is 10.1. The summed E-state index contributed by atoms with van der Waals surface area (Å²) in [5.41, 5.74) is 1.58. The first kappa shape index (κ1) is 20.2. The number of hydrogen-bond acceptors (Lipinski definition) is 5. The lowest BCUT2D eigenvalue weighted by Crippen LogP contribution is -2.99. The van der Waals surface area contributed by atoms with Gasteiger partial charge >= 0.3 is 0 Å². The van der Waals surface area contributed by atoms with Crippen LogP contribution in [-0.2, 0) is 0 Å². The van der Waals surface area contributed by atoms with Crippen molar-refractivity contribution < 1.29 is 15.0 Å². The first-order valence-corrected chi connectivity index (χ1v) is 9.81. The number of nitro groups is 1. The summed E-state index contributed by atoms with van der Waals surface area (Å²) in [6.45, 7) is 7.06. The minimum absolute atomic E-state index is 0.0694. The molecule has 0 radical (unpaired) electrons. The minimum Gasteiger partial charge on any atom is -0.492 e. The van der Waals surface area contributed by atoms with Crippen LogP contribution >= 0.6 is 11.6 Å². The number of nitrogens with one attached hydrogen (secondary N) is 1. The number of nitrogens with zero attached hydrogens (tertiary/aromatic N) is 2. The normalized spacial score (nSPS) is 19.3. The van der Waals surface area contributed by atoms with Gasteiger partial charge in [-0.25, -0.2) is 0 Å². The highest BCUT2D eigenvalue weighted by Gasteiger charge is 2.26. The van der Waals surface area contributed by atoms with Gasteiger partial charge in [-0.1, -0.05) is 11.6 Å². The predicted octanol–water partition coefficient (Wildman–Crippen LogP) is 2.90.